The molecule has 0 bridgehead atoms. The Morgan fingerprint density at radius 2 is 2.06 bits per heavy atom. The Bertz CT molecular complexity index is 1240. The van der Waals surface area contributed by atoms with Gasteiger partial charge in [0, 0.05) is 37.8 Å². The quantitative estimate of drug-likeness (QED) is 0.405. The number of carbonyl (C=O) groups is 1. The highest BCUT2D eigenvalue weighted by molar-refractivity contribution is 5.99. The Labute approximate surface area is 211 Å². The molecule has 1 aliphatic rings. The molecule has 1 aromatic heterocycles. The molecule has 36 heavy (non-hydrogen) atoms. The topological polar surface area (TPSA) is 107 Å². The van der Waals surface area contributed by atoms with Gasteiger partial charge in [0.1, 0.15) is 11.6 Å². The standard InChI is InChI=1S/C28H31FN6O/c29-22-7-3-5-20(17-22)12-14-32-27-25(28(36)33-19-23-8-4-15-35(23)16-13-30)10-11-26(34-27)24-9-2-1-6-21(24)18-31/h1-3,5-7,9-11,17,23H,4,8,12-16,19,30H2,(H,32,34)(H,33,36)/t23-/m1/s1. The number of rotatable bonds is 10. The molecule has 4 N–H and O–H groups in total. The summed E-state index contributed by atoms with van der Waals surface area (Å²) in [6.07, 6.45) is 2.69. The predicted octanol–water partition coefficient (Wildman–Crippen LogP) is 3.57. The molecule has 1 amide bonds. The van der Waals surface area contributed by atoms with Gasteiger partial charge in [-0.2, -0.15) is 5.26 Å². The second-order valence-electron chi connectivity index (χ2n) is 8.89. The van der Waals surface area contributed by atoms with E-state index >= 15 is 0 Å². The minimum atomic E-state index is -0.281. The maximum Gasteiger partial charge on any atom is 0.255 e. The van der Waals surface area contributed by atoms with E-state index in [0.29, 0.717) is 54.3 Å². The zero-order chi connectivity index (χ0) is 25.3. The van der Waals surface area contributed by atoms with Gasteiger partial charge in [-0.15, -0.1) is 0 Å². The van der Waals surface area contributed by atoms with Crippen LogP contribution in [-0.4, -0.2) is 54.6 Å². The number of pyridine rings is 1. The van der Waals surface area contributed by atoms with E-state index in [2.05, 4.69) is 21.6 Å². The third kappa shape index (κ3) is 6.25. The van der Waals surface area contributed by atoms with Crippen LogP contribution in [0, 0.1) is 17.1 Å². The summed E-state index contributed by atoms with van der Waals surface area (Å²) >= 11 is 0. The highest BCUT2D eigenvalue weighted by Gasteiger charge is 2.25. The van der Waals surface area contributed by atoms with E-state index in [4.69, 9.17) is 10.7 Å². The minimum Gasteiger partial charge on any atom is -0.369 e. The Hall–Kier alpha value is -3.80. The van der Waals surface area contributed by atoms with Gasteiger partial charge in [0.25, 0.3) is 5.91 Å². The van der Waals surface area contributed by atoms with Crippen molar-refractivity contribution in [3.05, 3.63) is 83.2 Å². The average Bonchev–Trinajstić information content (AvgIpc) is 3.34. The molecule has 1 fully saturated rings. The summed E-state index contributed by atoms with van der Waals surface area (Å²) in [5, 5.41) is 15.8. The lowest BCUT2D eigenvalue weighted by atomic mass is 10.0. The van der Waals surface area contributed by atoms with Crippen LogP contribution in [0.1, 0.15) is 34.3 Å². The summed E-state index contributed by atoms with van der Waals surface area (Å²) < 4.78 is 13.6. The van der Waals surface area contributed by atoms with Crippen LogP contribution in [0.25, 0.3) is 11.3 Å². The zero-order valence-electron chi connectivity index (χ0n) is 20.2. The van der Waals surface area contributed by atoms with E-state index in [1.165, 1.54) is 12.1 Å². The Morgan fingerprint density at radius 3 is 2.86 bits per heavy atom. The molecule has 1 aliphatic heterocycles. The number of benzene rings is 2. The molecule has 4 rings (SSSR count). The maximum absolute atomic E-state index is 13.6. The van der Waals surface area contributed by atoms with Crippen LogP contribution < -0.4 is 16.4 Å². The number of nitrogens with zero attached hydrogens (tertiary/aromatic N) is 3. The lowest BCUT2D eigenvalue weighted by molar-refractivity contribution is 0.0941. The van der Waals surface area contributed by atoms with Gasteiger partial charge in [0.05, 0.1) is 22.9 Å². The number of nitrogens with two attached hydrogens (primary N) is 1. The maximum atomic E-state index is 13.6. The van der Waals surface area contributed by atoms with Crippen LogP contribution in [0.3, 0.4) is 0 Å². The fourth-order valence-electron chi connectivity index (χ4n) is 4.64. The van der Waals surface area contributed by atoms with Crippen LogP contribution in [0.15, 0.2) is 60.7 Å². The van der Waals surface area contributed by atoms with E-state index in [1.807, 2.05) is 18.2 Å². The fraction of sp³-hybridized carbons (Fsp3) is 0.321. The van der Waals surface area contributed by atoms with E-state index in [9.17, 15) is 14.4 Å². The smallest absolute Gasteiger partial charge is 0.255 e. The second-order valence-corrected chi connectivity index (χ2v) is 8.89. The van der Waals surface area contributed by atoms with E-state index < -0.39 is 0 Å². The number of halogens is 1. The van der Waals surface area contributed by atoms with Gasteiger partial charge >= 0.3 is 0 Å². The van der Waals surface area contributed by atoms with Gasteiger partial charge in [-0.1, -0.05) is 30.3 Å². The number of nitriles is 1. The number of anilines is 1. The molecule has 7 nitrogen and oxygen atoms in total. The largest absolute Gasteiger partial charge is 0.369 e. The molecule has 1 saturated heterocycles. The van der Waals surface area contributed by atoms with Gasteiger partial charge in [0.2, 0.25) is 0 Å². The molecule has 8 heteroatoms. The monoisotopic (exact) mass is 486 g/mol. The summed E-state index contributed by atoms with van der Waals surface area (Å²) in [6.45, 7) is 3.42. The highest BCUT2D eigenvalue weighted by atomic mass is 19.1. The molecule has 0 radical (unpaired) electrons. The Kier molecular flexibility index (Phi) is 8.61. The summed E-state index contributed by atoms with van der Waals surface area (Å²) in [6, 6.07) is 19.7. The third-order valence-corrected chi connectivity index (χ3v) is 6.47. The van der Waals surface area contributed by atoms with Gasteiger partial charge in [-0.05, 0) is 61.7 Å². The molecule has 0 saturated carbocycles. The Morgan fingerprint density at radius 1 is 1.19 bits per heavy atom. The average molecular weight is 487 g/mol. The first-order valence-corrected chi connectivity index (χ1v) is 12.3. The molecule has 0 unspecified atom stereocenters. The van der Waals surface area contributed by atoms with E-state index in [-0.39, 0.29) is 17.8 Å². The molecular weight excluding hydrogens is 455 g/mol. The number of aromatic nitrogens is 1. The lowest BCUT2D eigenvalue weighted by Crippen LogP contribution is -2.42. The number of amides is 1. The summed E-state index contributed by atoms with van der Waals surface area (Å²) in [5.41, 5.74) is 8.81. The first-order valence-electron chi connectivity index (χ1n) is 12.3. The fourth-order valence-corrected chi connectivity index (χ4v) is 4.64. The number of hydrogen-bond acceptors (Lipinski definition) is 6. The Balaban J connectivity index is 1.54. The molecule has 2 aromatic carbocycles. The first-order chi connectivity index (χ1) is 17.6. The molecule has 0 aliphatic carbocycles. The first kappa shape index (κ1) is 25.3. The van der Waals surface area contributed by atoms with Crippen LogP contribution in [0.2, 0.25) is 0 Å². The second kappa shape index (κ2) is 12.2. The van der Waals surface area contributed by atoms with Crippen LogP contribution in [0.5, 0.6) is 0 Å². The van der Waals surface area contributed by atoms with Crippen molar-refractivity contribution >= 4 is 11.7 Å². The normalized spacial score (nSPS) is 15.4. The molecular formula is C28H31FN6O. The zero-order valence-corrected chi connectivity index (χ0v) is 20.2. The van der Waals surface area contributed by atoms with Crippen molar-refractivity contribution < 1.29 is 9.18 Å². The van der Waals surface area contributed by atoms with Crippen molar-refractivity contribution in [1.29, 1.82) is 5.26 Å². The van der Waals surface area contributed by atoms with Crippen molar-refractivity contribution in [2.75, 3.05) is 38.0 Å². The SMILES string of the molecule is N#Cc1ccccc1-c1ccc(C(=O)NC[C@H]2CCCN2CCN)c(NCCc2cccc(F)c2)n1. The number of carbonyl (C=O) groups excluding carboxylic acids is 1. The van der Waals surface area contributed by atoms with Crippen LogP contribution in [0.4, 0.5) is 10.2 Å². The lowest BCUT2D eigenvalue weighted by Gasteiger charge is -2.24. The highest BCUT2D eigenvalue weighted by Crippen LogP contribution is 2.25. The van der Waals surface area contributed by atoms with Gasteiger partial charge in [0.15, 0.2) is 0 Å². The van der Waals surface area contributed by atoms with E-state index in [0.717, 1.165) is 31.5 Å². The summed E-state index contributed by atoms with van der Waals surface area (Å²) in [7, 11) is 0. The van der Waals surface area contributed by atoms with Gasteiger partial charge < -0.3 is 16.4 Å². The molecule has 0 spiro atoms. The van der Waals surface area contributed by atoms with Crippen molar-refractivity contribution in [3.63, 3.8) is 0 Å². The minimum absolute atomic E-state index is 0.213. The van der Waals surface area contributed by atoms with Gasteiger partial charge in [-0.3, -0.25) is 9.69 Å². The van der Waals surface area contributed by atoms with Crippen molar-refractivity contribution in [2.45, 2.75) is 25.3 Å². The molecule has 2 heterocycles. The van der Waals surface area contributed by atoms with Crippen molar-refractivity contribution in [2.24, 2.45) is 5.73 Å². The van der Waals surface area contributed by atoms with E-state index in [1.54, 1.807) is 30.3 Å². The van der Waals surface area contributed by atoms with Crippen LogP contribution >= 0.6 is 0 Å². The predicted molar refractivity (Wildman–Crippen MR) is 139 cm³/mol. The number of likely N-dealkylation sites (tertiary alicyclic amines) is 1. The summed E-state index contributed by atoms with van der Waals surface area (Å²) in [4.78, 5) is 20.2. The van der Waals surface area contributed by atoms with Crippen LogP contribution in [-0.2, 0) is 6.42 Å². The number of hydrogen-bond donors (Lipinski definition) is 3. The molecule has 3 aromatic rings. The van der Waals surface area contributed by atoms with Crippen molar-refractivity contribution in [1.82, 2.24) is 15.2 Å². The van der Waals surface area contributed by atoms with Gasteiger partial charge in [-0.25, -0.2) is 9.37 Å². The molecule has 186 valence electrons. The number of nitrogens with one attached hydrogen (secondary N) is 2. The van der Waals surface area contributed by atoms with Crippen molar-refractivity contribution in [3.8, 4) is 17.3 Å². The molecule has 1 atom stereocenters. The third-order valence-electron chi connectivity index (χ3n) is 6.47. The summed E-state index contributed by atoms with van der Waals surface area (Å²) in [5.74, 6) is -0.0637.